The number of hydrogen-bond donors (Lipinski definition) is 1. The molecule has 1 saturated heterocycles. The number of hydrogen-bond acceptors (Lipinski definition) is 3. The van der Waals surface area contributed by atoms with Crippen LogP contribution in [0, 0.1) is 12.8 Å². The van der Waals surface area contributed by atoms with Gasteiger partial charge in [-0.25, -0.2) is 0 Å². The topological polar surface area (TPSA) is 62.6 Å². The molecule has 1 fully saturated rings. The van der Waals surface area contributed by atoms with Crippen LogP contribution in [0.3, 0.4) is 0 Å². The number of carbonyl (C=O) groups excluding carboxylic acids is 2. The molecule has 2 amide bonds. The van der Waals surface area contributed by atoms with E-state index in [0.717, 1.165) is 15.7 Å². The van der Waals surface area contributed by atoms with E-state index < -0.39 is 0 Å². The van der Waals surface area contributed by atoms with Gasteiger partial charge in [0.1, 0.15) is 0 Å². The lowest BCUT2D eigenvalue weighted by Crippen LogP contribution is -2.41. The van der Waals surface area contributed by atoms with Gasteiger partial charge in [0.15, 0.2) is 5.76 Å². The first-order chi connectivity index (χ1) is 11.5. The second kappa shape index (κ2) is 7.21. The van der Waals surface area contributed by atoms with E-state index in [0.29, 0.717) is 31.7 Å². The van der Waals surface area contributed by atoms with E-state index in [-0.39, 0.29) is 17.7 Å². The number of furan rings is 1. The van der Waals surface area contributed by atoms with Crippen LogP contribution in [0.4, 0.5) is 5.69 Å². The summed E-state index contributed by atoms with van der Waals surface area (Å²) in [4.78, 5) is 26.4. The quantitative estimate of drug-likeness (QED) is 0.865. The molecular formula is C18H19BrN2O3. The Kier molecular flexibility index (Phi) is 5.04. The summed E-state index contributed by atoms with van der Waals surface area (Å²) in [6, 6.07) is 9.13. The second-order valence-electron chi connectivity index (χ2n) is 6.00. The SMILES string of the molecule is Cc1ccc(NC(=O)C2CCN(C(=O)c3ccco3)CC2)cc1Br. The third-order valence-electron chi connectivity index (χ3n) is 4.32. The summed E-state index contributed by atoms with van der Waals surface area (Å²) in [7, 11) is 0. The van der Waals surface area contributed by atoms with Crippen LogP contribution in [0.25, 0.3) is 0 Å². The van der Waals surface area contributed by atoms with Crippen LogP contribution in [0.5, 0.6) is 0 Å². The molecule has 3 rings (SSSR count). The van der Waals surface area contributed by atoms with Crippen molar-refractivity contribution in [1.82, 2.24) is 4.90 Å². The Labute approximate surface area is 149 Å². The van der Waals surface area contributed by atoms with Gasteiger partial charge in [0, 0.05) is 29.2 Å². The number of anilines is 1. The van der Waals surface area contributed by atoms with Gasteiger partial charge < -0.3 is 14.6 Å². The van der Waals surface area contributed by atoms with Crippen molar-refractivity contribution in [1.29, 1.82) is 0 Å². The first-order valence-corrected chi connectivity index (χ1v) is 8.73. The average Bonchev–Trinajstić information content (AvgIpc) is 3.12. The van der Waals surface area contributed by atoms with Gasteiger partial charge >= 0.3 is 0 Å². The minimum absolute atomic E-state index is 0.0100. The molecule has 0 radical (unpaired) electrons. The molecule has 1 aromatic heterocycles. The maximum absolute atomic E-state index is 12.4. The number of nitrogens with one attached hydrogen (secondary N) is 1. The van der Waals surface area contributed by atoms with E-state index in [9.17, 15) is 9.59 Å². The number of carbonyl (C=O) groups is 2. The molecule has 0 saturated carbocycles. The van der Waals surface area contributed by atoms with Crippen LogP contribution >= 0.6 is 15.9 Å². The number of rotatable bonds is 3. The fourth-order valence-electron chi connectivity index (χ4n) is 2.82. The molecule has 1 N–H and O–H groups in total. The molecule has 1 aliphatic heterocycles. The van der Waals surface area contributed by atoms with E-state index in [2.05, 4.69) is 21.2 Å². The number of benzene rings is 1. The Hall–Kier alpha value is -2.08. The zero-order valence-corrected chi connectivity index (χ0v) is 15.0. The van der Waals surface area contributed by atoms with Crippen molar-refractivity contribution in [2.24, 2.45) is 5.92 Å². The van der Waals surface area contributed by atoms with Crippen molar-refractivity contribution in [3.8, 4) is 0 Å². The number of likely N-dealkylation sites (tertiary alicyclic amines) is 1. The maximum atomic E-state index is 12.4. The summed E-state index contributed by atoms with van der Waals surface area (Å²) in [5, 5.41) is 2.96. The monoisotopic (exact) mass is 390 g/mol. The normalized spacial score (nSPS) is 15.3. The maximum Gasteiger partial charge on any atom is 0.289 e. The van der Waals surface area contributed by atoms with E-state index >= 15 is 0 Å². The molecule has 0 spiro atoms. The fourth-order valence-corrected chi connectivity index (χ4v) is 3.19. The molecule has 1 aromatic carbocycles. The number of aryl methyl sites for hydroxylation is 1. The van der Waals surface area contributed by atoms with E-state index in [1.165, 1.54) is 6.26 Å². The van der Waals surface area contributed by atoms with Gasteiger partial charge in [-0.3, -0.25) is 9.59 Å². The van der Waals surface area contributed by atoms with Gasteiger partial charge in [0.25, 0.3) is 5.91 Å². The summed E-state index contributed by atoms with van der Waals surface area (Å²) in [6.07, 6.45) is 2.81. The summed E-state index contributed by atoms with van der Waals surface area (Å²) in [6.45, 7) is 3.13. The number of nitrogens with zero attached hydrogens (tertiary/aromatic N) is 1. The molecule has 5 nitrogen and oxygen atoms in total. The first-order valence-electron chi connectivity index (χ1n) is 7.94. The van der Waals surface area contributed by atoms with Crippen molar-refractivity contribution in [2.75, 3.05) is 18.4 Å². The summed E-state index contributed by atoms with van der Waals surface area (Å²) >= 11 is 3.47. The largest absolute Gasteiger partial charge is 0.459 e. The molecule has 0 aliphatic carbocycles. The predicted molar refractivity (Wildman–Crippen MR) is 94.8 cm³/mol. The first kappa shape index (κ1) is 16.8. The van der Waals surface area contributed by atoms with Crippen molar-refractivity contribution in [2.45, 2.75) is 19.8 Å². The molecule has 2 heterocycles. The van der Waals surface area contributed by atoms with Gasteiger partial charge in [0.2, 0.25) is 5.91 Å². The summed E-state index contributed by atoms with van der Waals surface area (Å²) in [5.41, 5.74) is 1.91. The molecular weight excluding hydrogens is 372 g/mol. The number of amides is 2. The van der Waals surface area contributed by atoms with Gasteiger partial charge in [0.05, 0.1) is 6.26 Å². The lowest BCUT2D eigenvalue weighted by molar-refractivity contribution is -0.121. The molecule has 126 valence electrons. The zero-order chi connectivity index (χ0) is 17.1. The lowest BCUT2D eigenvalue weighted by atomic mass is 9.95. The van der Waals surface area contributed by atoms with E-state index in [4.69, 9.17) is 4.42 Å². The van der Waals surface area contributed by atoms with Crippen molar-refractivity contribution < 1.29 is 14.0 Å². The van der Waals surface area contributed by atoms with Crippen LogP contribution in [0.2, 0.25) is 0 Å². The minimum Gasteiger partial charge on any atom is -0.459 e. The summed E-state index contributed by atoms with van der Waals surface area (Å²) < 4.78 is 6.12. The van der Waals surface area contributed by atoms with Crippen molar-refractivity contribution in [3.05, 3.63) is 52.4 Å². The molecule has 0 unspecified atom stereocenters. The van der Waals surface area contributed by atoms with Crippen LogP contribution in [-0.2, 0) is 4.79 Å². The van der Waals surface area contributed by atoms with Gasteiger partial charge in [-0.1, -0.05) is 22.0 Å². The van der Waals surface area contributed by atoms with Crippen molar-refractivity contribution in [3.63, 3.8) is 0 Å². The molecule has 0 atom stereocenters. The third-order valence-corrected chi connectivity index (χ3v) is 5.18. The van der Waals surface area contributed by atoms with Crippen molar-refractivity contribution >= 4 is 33.4 Å². The minimum atomic E-state index is -0.110. The smallest absolute Gasteiger partial charge is 0.289 e. The number of piperidine rings is 1. The predicted octanol–water partition coefficient (Wildman–Crippen LogP) is 3.84. The second-order valence-corrected chi connectivity index (χ2v) is 6.85. The zero-order valence-electron chi connectivity index (χ0n) is 13.4. The van der Waals surface area contributed by atoms with Crippen LogP contribution < -0.4 is 5.32 Å². The Morgan fingerprint density at radius 1 is 1.25 bits per heavy atom. The average molecular weight is 391 g/mol. The lowest BCUT2D eigenvalue weighted by Gasteiger charge is -2.30. The third kappa shape index (κ3) is 3.70. The molecule has 2 aromatic rings. The van der Waals surface area contributed by atoms with E-state index in [1.807, 2.05) is 25.1 Å². The van der Waals surface area contributed by atoms with Gasteiger partial charge in [-0.2, -0.15) is 0 Å². The summed E-state index contributed by atoms with van der Waals surface area (Å²) in [5.74, 6) is 0.172. The Balaban J connectivity index is 1.55. The number of halogens is 1. The van der Waals surface area contributed by atoms with Gasteiger partial charge in [-0.05, 0) is 49.6 Å². The Morgan fingerprint density at radius 2 is 2.00 bits per heavy atom. The van der Waals surface area contributed by atoms with E-state index in [1.54, 1.807) is 17.0 Å². The van der Waals surface area contributed by atoms with Crippen LogP contribution in [-0.4, -0.2) is 29.8 Å². The standard InChI is InChI=1S/C18H19BrN2O3/c1-12-4-5-14(11-15(12)19)20-17(22)13-6-8-21(9-7-13)18(23)16-3-2-10-24-16/h2-5,10-11,13H,6-9H2,1H3,(H,20,22). The highest BCUT2D eigenvalue weighted by atomic mass is 79.9. The fraction of sp³-hybridized carbons (Fsp3) is 0.333. The molecule has 1 aliphatic rings. The molecule has 0 bridgehead atoms. The van der Waals surface area contributed by atoms with Gasteiger partial charge in [-0.15, -0.1) is 0 Å². The Morgan fingerprint density at radius 3 is 2.62 bits per heavy atom. The highest BCUT2D eigenvalue weighted by Crippen LogP contribution is 2.24. The molecule has 6 heteroatoms. The highest BCUT2D eigenvalue weighted by molar-refractivity contribution is 9.10. The Bertz CT molecular complexity index is 735. The van der Waals surface area contributed by atoms with Crippen LogP contribution in [0.1, 0.15) is 29.0 Å². The highest BCUT2D eigenvalue weighted by Gasteiger charge is 2.28. The van der Waals surface area contributed by atoms with Crippen LogP contribution in [0.15, 0.2) is 45.5 Å². The molecule has 24 heavy (non-hydrogen) atoms.